The van der Waals surface area contributed by atoms with Crippen molar-refractivity contribution in [2.45, 2.75) is 20.1 Å². The second kappa shape index (κ2) is 6.34. The van der Waals surface area contributed by atoms with Crippen molar-refractivity contribution in [1.29, 1.82) is 0 Å². The zero-order valence-corrected chi connectivity index (χ0v) is 11.6. The molecular formula is C14H15F2N3O2. The van der Waals surface area contributed by atoms with Gasteiger partial charge in [-0.05, 0) is 25.1 Å². The van der Waals surface area contributed by atoms with Crippen LogP contribution in [-0.2, 0) is 13.6 Å². The van der Waals surface area contributed by atoms with E-state index in [1.807, 2.05) is 13.0 Å². The number of para-hydroxylation sites is 1. The summed E-state index contributed by atoms with van der Waals surface area (Å²) in [6.07, 6.45) is 0. The summed E-state index contributed by atoms with van der Waals surface area (Å²) in [6.45, 7) is -0.880. The van der Waals surface area contributed by atoms with Crippen LogP contribution in [0.5, 0.6) is 5.75 Å². The van der Waals surface area contributed by atoms with Crippen molar-refractivity contribution in [3.63, 3.8) is 0 Å². The first-order valence-corrected chi connectivity index (χ1v) is 6.29. The van der Waals surface area contributed by atoms with Gasteiger partial charge in [0.15, 0.2) is 0 Å². The summed E-state index contributed by atoms with van der Waals surface area (Å²) < 4.78 is 30.6. The lowest BCUT2D eigenvalue weighted by Crippen LogP contribution is -2.25. The molecule has 0 radical (unpaired) electrons. The zero-order chi connectivity index (χ0) is 15.4. The Labute approximate surface area is 120 Å². The molecule has 7 heteroatoms. The number of hydrogen-bond donors (Lipinski definition) is 1. The first kappa shape index (κ1) is 15.0. The summed E-state index contributed by atoms with van der Waals surface area (Å²) in [5, 5.41) is 6.82. The molecule has 0 spiro atoms. The van der Waals surface area contributed by atoms with Crippen molar-refractivity contribution in [2.24, 2.45) is 7.05 Å². The van der Waals surface area contributed by atoms with Gasteiger partial charge in [0.25, 0.3) is 5.91 Å². The largest absolute Gasteiger partial charge is 0.434 e. The molecule has 0 aliphatic rings. The van der Waals surface area contributed by atoms with Gasteiger partial charge < -0.3 is 10.1 Å². The van der Waals surface area contributed by atoms with Gasteiger partial charge in [0.1, 0.15) is 5.75 Å². The number of aryl methyl sites for hydroxylation is 2. The van der Waals surface area contributed by atoms with Gasteiger partial charge in [-0.3, -0.25) is 9.48 Å². The van der Waals surface area contributed by atoms with Crippen molar-refractivity contribution in [1.82, 2.24) is 15.1 Å². The first-order chi connectivity index (χ1) is 9.97. The predicted octanol–water partition coefficient (Wildman–Crippen LogP) is 2.26. The van der Waals surface area contributed by atoms with E-state index < -0.39 is 12.5 Å². The molecular weight excluding hydrogens is 280 g/mol. The smallest absolute Gasteiger partial charge is 0.387 e. The van der Waals surface area contributed by atoms with Crippen molar-refractivity contribution >= 4 is 5.91 Å². The molecule has 1 heterocycles. The molecule has 2 rings (SSSR count). The highest BCUT2D eigenvalue weighted by molar-refractivity contribution is 5.96. The number of rotatable bonds is 5. The molecule has 1 amide bonds. The third-order valence-corrected chi connectivity index (χ3v) is 2.88. The van der Waals surface area contributed by atoms with E-state index >= 15 is 0 Å². The van der Waals surface area contributed by atoms with Crippen LogP contribution in [0.15, 0.2) is 30.3 Å². The van der Waals surface area contributed by atoms with E-state index in [4.69, 9.17) is 0 Å². The third-order valence-electron chi connectivity index (χ3n) is 2.88. The minimum absolute atomic E-state index is 0.0664. The van der Waals surface area contributed by atoms with Crippen LogP contribution in [0.4, 0.5) is 8.78 Å². The number of carbonyl (C=O) groups excluding carboxylic acids is 1. The maximum Gasteiger partial charge on any atom is 0.387 e. The van der Waals surface area contributed by atoms with Gasteiger partial charge in [0.2, 0.25) is 0 Å². The van der Waals surface area contributed by atoms with E-state index in [0.717, 1.165) is 11.4 Å². The fourth-order valence-electron chi connectivity index (χ4n) is 1.95. The molecule has 0 saturated heterocycles. The Morgan fingerprint density at radius 2 is 2.14 bits per heavy atom. The van der Waals surface area contributed by atoms with E-state index in [1.165, 1.54) is 18.2 Å². The van der Waals surface area contributed by atoms with E-state index in [-0.39, 0.29) is 17.9 Å². The van der Waals surface area contributed by atoms with Gasteiger partial charge in [0.05, 0.1) is 23.5 Å². The van der Waals surface area contributed by atoms with Gasteiger partial charge in [-0.15, -0.1) is 0 Å². The number of ether oxygens (including phenoxy) is 1. The molecule has 0 atom stereocenters. The number of carbonyl (C=O) groups is 1. The van der Waals surface area contributed by atoms with Crippen LogP contribution in [0, 0.1) is 6.92 Å². The molecule has 0 aliphatic heterocycles. The van der Waals surface area contributed by atoms with Crippen LogP contribution in [0.25, 0.3) is 0 Å². The second-order valence-electron chi connectivity index (χ2n) is 4.46. The lowest BCUT2D eigenvalue weighted by atomic mass is 10.2. The highest BCUT2D eigenvalue weighted by Crippen LogP contribution is 2.20. The number of halogens is 2. The van der Waals surface area contributed by atoms with Gasteiger partial charge >= 0.3 is 6.61 Å². The van der Waals surface area contributed by atoms with Crippen molar-refractivity contribution < 1.29 is 18.3 Å². The lowest BCUT2D eigenvalue weighted by molar-refractivity contribution is -0.0501. The number of aromatic nitrogens is 2. The maximum absolute atomic E-state index is 12.3. The van der Waals surface area contributed by atoms with Gasteiger partial charge in [0, 0.05) is 7.05 Å². The quantitative estimate of drug-likeness (QED) is 0.920. The second-order valence-corrected chi connectivity index (χ2v) is 4.46. The highest BCUT2D eigenvalue weighted by atomic mass is 19.3. The molecule has 0 fully saturated rings. The first-order valence-electron chi connectivity index (χ1n) is 6.29. The summed E-state index contributed by atoms with van der Waals surface area (Å²) in [4.78, 5) is 12.1. The normalized spacial score (nSPS) is 10.7. The number of hydrogen-bond acceptors (Lipinski definition) is 3. The van der Waals surface area contributed by atoms with Gasteiger partial charge in [-0.2, -0.15) is 13.9 Å². The fraction of sp³-hybridized carbons (Fsp3) is 0.286. The van der Waals surface area contributed by atoms with E-state index in [1.54, 1.807) is 17.8 Å². The molecule has 0 bridgehead atoms. The summed E-state index contributed by atoms with van der Waals surface area (Å²) in [6, 6.07) is 7.71. The van der Waals surface area contributed by atoms with Crippen molar-refractivity contribution in [2.75, 3.05) is 0 Å². The minimum atomic E-state index is -2.97. The zero-order valence-electron chi connectivity index (χ0n) is 11.6. The van der Waals surface area contributed by atoms with Crippen LogP contribution < -0.4 is 10.1 Å². The Morgan fingerprint density at radius 3 is 2.76 bits per heavy atom. The number of nitrogens with one attached hydrogen (secondary N) is 1. The molecule has 1 aromatic carbocycles. The van der Waals surface area contributed by atoms with Crippen LogP contribution >= 0.6 is 0 Å². The van der Waals surface area contributed by atoms with Crippen molar-refractivity contribution in [3.05, 3.63) is 47.3 Å². The molecule has 1 aromatic heterocycles. The predicted molar refractivity (Wildman–Crippen MR) is 72.2 cm³/mol. The van der Waals surface area contributed by atoms with Crippen LogP contribution in [-0.4, -0.2) is 22.3 Å². The van der Waals surface area contributed by atoms with E-state index in [9.17, 15) is 13.6 Å². The van der Waals surface area contributed by atoms with E-state index in [0.29, 0.717) is 0 Å². The number of amides is 1. The van der Waals surface area contributed by atoms with Crippen LogP contribution in [0.1, 0.15) is 21.7 Å². The van der Waals surface area contributed by atoms with Crippen molar-refractivity contribution in [3.8, 4) is 5.75 Å². The topological polar surface area (TPSA) is 56.1 Å². The average Bonchev–Trinajstić information content (AvgIpc) is 2.74. The SMILES string of the molecule is Cc1cc(CNC(=O)c2ccccc2OC(F)F)n(C)n1. The number of benzene rings is 1. The Morgan fingerprint density at radius 1 is 1.43 bits per heavy atom. The average molecular weight is 295 g/mol. The highest BCUT2D eigenvalue weighted by Gasteiger charge is 2.15. The number of nitrogens with zero attached hydrogens (tertiary/aromatic N) is 2. The fourth-order valence-corrected chi connectivity index (χ4v) is 1.95. The van der Waals surface area contributed by atoms with Crippen LogP contribution in [0.2, 0.25) is 0 Å². The number of alkyl halides is 2. The monoisotopic (exact) mass is 295 g/mol. The summed E-state index contributed by atoms with van der Waals surface area (Å²) >= 11 is 0. The summed E-state index contributed by atoms with van der Waals surface area (Å²) in [5.41, 5.74) is 1.72. The molecule has 0 saturated carbocycles. The molecule has 112 valence electrons. The molecule has 2 aromatic rings. The van der Waals surface area contributed by atoms with E-state index in [2.05, 4.69) is 15.2 Å². The summed E-state index contributed by atoms with van der Waals surface area (Å²) in [7, 11) is 1.77. The Hall–Kier alpha value is -2.44. The Balaban J connectivity index is 2.08. The molecule has 0 unspecified atom stereocenters. The Bertz CT molecular complexity index is 641. The minimum Gasteiger partial charge on any atom is -0.434 e. The molecule has 1 N–H and O–H groups in total. The molecule has 5 nitrogen and oxygen atoms in total. The van der Waals surface area contributed by atoms with Gasteiger partial charge in [-0.25, -0.2) is 0 Å². The van der Waals surface area contributed by atoms with Gasteiger partial charge in [-0.1, -0.05) is 12.1 Å². The molecule has 21 heavy (non-hydrogen) atoms. The summed E-state index contributed by atoms with van der Waals surface area (Å²) in [5.74, 6) is -0.628. The van der Waals surface area contributed by atoms with Crippen LogP contribution in [0.3, 0.4) is 0 Å². The maximum atomic E-state index is 12.3. The Kier molecular flexibility index (Phi) is 4.52. The lowest BCUT2D eigenvalue weighted by Gasteiger charge is -2.10. The third kappa shape index (κ3) is 3.77. The molecule has 0 aliphatic carbocycles. The standard InChI is InChI=1S/C14H15F2N3O2/c1-9-7-10(19(2)18-9)8-17-13(20)11-5-3-4-6-12(11)21-14(15)16/h3-7,14H,8H2,1-2H3,(H,17,20).